The van der Waals surface area contributed by atoms with Gasteiger partial charge >= 0.3 is 0 Å². The van der Waals surface area contributed by atoms with Crippen LogP contribution in [0.1, 0.15) is 18.7 Å². The lowest BCUT2D eigenvalue weighted by Gasteiger charge is -2.11. The summed E-state index contributed by atoms with van der Waals surface area (Å²) in [6.07, 6.45) is 2.80. The van der Waals surface area contributed by atoms with E-state index in [4.69, 9.17) is 0 Å². The standard InChI is InChI=1S/C9H15N3O2S/c1-5-8(3)12-9(6-7(2)10-12)11-15(4,13)14/h5-6,8,11H,1H2,2-4H3. The lowest BCUT2D eigenvalue weighted by molar-refractivity contribution is 0.581. The quantitative estimate of drug-likeness (QED) is 0.792. The highest BCUT2D eigenvalue weighted by Crippen LogP contribution is 2.17. The van der Waals surface area contributed by atoms with Gasteiger partial charge in [0, 0.05) is 6.07 Å². The first kappa shape index (κ1) is 11.8. The van der Waals surface area contributed by atoms with E-state index in [1.54, 1.807) is 23.7 Å². The van der Waals surface area contributed by atoms with E-state index >= 15 is 0 Å². The zero-order valence-electron chi connectivity index (χ0n) is 9.06. The molecule has 15 heavy (non-hydrogen) atoms. The summed E-state index contributed by atoms with van der Waals surface area (Å²) >= 11 is 0. The van der Waals surface area contributed by atoms with Crippen molar-refractivity contribution < 1.29 is 8.42 Å². The highest BCUT2D eigenvalue weighted by Gasteiger charge is 2.12. The minimum Gasteiger partial charge on any atom is -0.268 e. The molecule has 0 saturated carbocycles. The zero-order valence-corrected chi connectivity index (χ0v) is 9.87. The fourth-order valence-electron chi connectivity index (χ4n) is 1.19. The van der Waals surface area contributed by atoms with E-state index in [-0.39, 0.29) is 6.04 Å². The lowest BCUT2D eigenvalue weighted by atomic mass is 10.3. The molecule has 0 fully saturated rings. The molecule has 84 valence electrons. The molecule has 0 aliphatic carbocycles. The topological polar surface area (TPSA) is 64.0 Å². The zero-order chi connectivity index (χ0) is 11.6. The Morgan fingerprint density at radius 3 is 2.73 bits per heavy atom. The van der Waals surface area contributed by atoms with Crippen LogP contribution in [-0.2, 0) is 10.0 Å². The Morgan fingerprint density at radius 2 is 2.27 bits per heavy atom. The van der Waals surface area contributed by atoms with Crippen molar-refractivity contribution in [2.75, 3.05) is 11.0 Å². The first-order valence-corrected chi connectivity index (χ1v) is 6.39. The van der Waals surface area contributed by atoms with Gasteiger partial charge in [-0.15, -0.1) is 6.58 Å². The number of hydrogen-bond acceptors (Lipinski definition) is 3. The van der Waals surface area contributed by atoms with Gasteiger partial charge in [-0.3, -0.25) is 4.72 Å². The van der Waals surface area contributed by atoms with Gasteiger partial charge in [0.15, 0.2) is 0 Å². The third-order valence-electron chi connectivity index (χ3n) is 1.87. The van der Waals surface area contributed by atoms with Crippen LogP contribution < -0.4 is 4.72 Å². The third-order valence-corrected chi connectivity index (χ3v) is 2.45. The summed E-state index contributed by atoms with van der Waals surface area (Å²) in [7, 11) is -3.27. The number of aryl methyl sites for hydroxylation is 1. The van der Waals surface area contributed by atoms with Gasteiger partial charge in [-0.05, 0) is 13.8 Å². The molecule has 1 unspecified atom stereocenters. The number of nitrogens with one attached hydrogen (secondary N) is 1. The van der Waals surface area contributed by atoms with Crippen molar-refractivity contribution in [2.24, 2.45) is 0 Å². The number of allylic oxidation sites excluding steroid dienone is 1. The van der Waals surface area contributed by atoms with Gasteiger partial charge in [-0.2, -0.15) is 5.10 Å². The summed E-state index contributed by atoms with van der Waals surface area (Å²) in [5.74, 6) is 0.461. The second-order valence-corrected chi connectivity index (χ2v) is 5.21. The first-order chi connectivity index (χ1) is 6.83. The van der Waals surface area contributed by atoms with Crippen molar-refractivity contribution in [3.63, 3.8) is 0 Å². The fraction of sp³-hybridized carbons (Fsp3) is 0.444. The summed E-state index contributed by atoms with van der Waals surface area (Å²) in [4.78, 5) is 0. The molecule has 0 aliphatic heterocycles. The highest BCUT2D eigenvalue weighted by atomic mass is 32.2. The van der Waals surface area contributed by atoms with Gasteiger partial charge in [0.2, 0.25) is 10.0 Å². The molecule has 0 spiro atoms. The van der Waals surface area contributed by atoms with Crippen LogP contribution in [0.3, 0.4) is 0 Å². The summed E-state index contributed by atoms with van der Waals surface area (Å²) in [6, 6.07) is 1.63. The van der Waals surface area contributed by atoms with Crippen molar-refractivity contribution in [1.29, 1.82) is 0 Å². The number of hydrogen-bond donors (Lipinski definition) is 1. The smallest absolute Gasteiger partial charge is 0.230 e. The van der Waals surface area contributed by atoms with Gasteiger partial charge in [0.25, 0.3) is 0 Å². The predicted octanol–water partition coefficient (Wildman–Crippen LogP) is 1.31. The maximum Gasteiger partial charge on any atom is 0.230 e. The van der Waals surface area contributed by atoms with Crippen molar-refractivity contribution in [2.45, 2.75) is 19.9 Å². The molecule has 0 bridgehead atoms. The minimum absolute atomic E-state index is 0.0528. The second-order valence-electron chi connectivity index (χ2n) is 3.47. The van der Waals surface area contributed by atoms with Gasteiger partial charge < -0.3 is 0 Å². The number of aromatic nitrogens is 2. The van der Waals surface area contributed by atoms with Crippen molar-refractivity contribution >= 4 is 15.8 Å². The van der Waals surface area contributed by atoms with E-state index in [0.29, 0.717) is 5.82 Å². The Bertz CT molecular complexity index is 462. The van der Waals surface area contributed by atoms with Gasteiger partial charge in [-0.1, -0.05) is 6.08 Å². The normalized spacial score (nSPS) is 13.5. The monoisotopic (exact) mass is 229 g/mol. The molecule has 5 nitrogen and oxygen atoms in total. The SMILES string of the molecule is C=CC(C)n1nc(C)cc1NS(C)(=O)=O. The third kappa shape index (κ3) is 3.09. The molecule has 1 atom stereocenters. The van der Waals surface area contributed by atoms with Crippen molar-refractivity contribution in [3.05, 3.63) is 24.4 Å². The Balaban J connectivity index is 3.12. The molecule has 0 saturated heterocycles. The Kier molecular flexibility index (Phi) is 3.18. The molecule has 1 rings (SSSR count). The van der Waals surface area contributed by atoms with Gasteiger partial charge in [0.1, 0.15) is 5.82 Å². The molecule has 0 radical (unpaired) electrons. The Labute approximate surface area is 89.8 Å². The Morgan fingerprint density at radius 1 is 1.67 bits per heavy atom. The van der Waals surface area contributed by atoms with Crippen molar-refractivity contribution in [3.8, 4) is 0 Å². The molecule has 1 N–H and O–H groups in total. The molecular weight excluding hydrogens is 214 g/mol. The van der Waals surface area contributed by atoms with Crippen LogP contribution in [0, 0.1) is 6.92 Å². The summed E-state index contributed by atoms with van der Waals surface area (Å²) in [5.41, 5.74) is 0.759. The number of anilines is 1. The van der Waals surface area contributed by atoms with E-state index in [2.05, 4.69) is 16.4 Å². The maximum absolute atomic E-state index is 11.1. The minimum atomic E-state index is -3.27. The van der Waals surface area contributed by atoms with Crippen LogP contribution in [0.4, 0.5) is 5.82 Å². The second kappa shape index (κ2) is 4.06. The van der Waals surface area contributed by atoms with Gasteiger partial charge in [0.05, 0.1) is 18.0 Å². The van der Waals surface area contributed by atoms with Crippen LogP contribution in [-0.4, -0.2) is 24.5 Å². The first-order valence-electron chi connectivity index (χ1n) is 4.50. The van der Waals surface area contributed by atoms with Crippen LogP contribution in [0.2, 0.25) is 0 Å². The summed E-state index contributed by atoms with van der Waals surface area (Å²) < 4.78 is 26.2. The average Bonchev–Trinajstić information content (AvgIpc) is 2.42. The van der Waals surface area contributed by atoms with Crippen LogP contribution in [0.5, 0.6) is 0 Å². The molecule has 1 heterocycles. The molecule has 0 aliphatic rings. The summed E-state index contributed by atoms with van der Waals surface area (Å²) in [5, 5.41) is 4.18. The molecular formula is C9H15N3O2S. The maximum atomic E-state index is 11.1. The van der Waals surface area contributed by atoms with E-state index in [9.17, 15) is 8.42 Å². The molecule has 1 aromatic heterocycles. The summed E-state index contributed by atoms with van der Waals surface area (Å²) in [6.45, 7) is 7.33. The Hall–Kier alpha value is -1.30. The molecule has 6 heteroatoms. The lowest BCUT2D eigenvalue weighted by Crippen LogP contribution is -2.15. The van der Waals surface area contributed by atoms with Crippen LogP contribution in [0.25, 0.3) is 0 Å². The number of sulfonamides is 1. The van der Waals surface area contributed by atoms with Gasteiger partial charge in [-0.25, -0.2) is 13.1 Å². The fourth-order valence-corrected chi connectivity index (χ4v) is 1.73. The van der Waals surface area contributed by atoms with Crippen molar-refractivity contribution in [1.82, 2.24) is 9.78 Å². The van der Waals surface area contributed by atoms with E-state index in [0.717, 1.165) is 11.9 Å². The van der Waals surface area contributed by atoms with Crippen LogP contribution >= 0.6 is 0 Å². The number of nitrogens with zero attached hydrogens (tertiary/aromatic N) is 2. The molecule has 0 aromatic carbocycles. The molecule has 1 aromatic rings. The average molecular weight is 229 g/mol. The van der Waals surface area contributed by atoms with Crippen LogP contribution in [0.15, 0.2) is 18.7 Å². The highest BCUT2D eigenvalue weighted by molar-refractivity contribution is 7.92. The predicted molar refractivity (Wildman–Crippen MR) is 60.3 cm³/mol. The molecule has 0 amide bonds. The largest absolute Gasteiger partial charge is 0.268 e. The van der Waals surface area contributed by atoms with E-state index < -0.39 is 10.0 Å². The number of rotatable bonds is 4. The van der Waals surface area contributed by atoms with E-state index in [1.807, 2.05) is 6.92 Å². The van der Waals surface area contributed by atoms with E-state index in [1.165, 1.54) is 0 Å².